The minimum atomic E-state index is -0.372. The summed E-state index contributed by atoms with van der Waals surface area (Å²) in [6.07, 6.45) is 8.18. The normalized spacial score (nSPS) is 11.0. The highest BCUT2D eigenvalue weighted by Crippen LogP contribution is 2.16. The zero-order valence-corrected chi connectivity index (χ0v) is 15.5. The topological polar surface area (TPSA) is 46.9 Å². The average Bonchev–Trinajstić information content (AvgIpc) is 3.15. The Morgan fingerprint density at radius 3 is 2.81 bits per heavy atom. The van der Waals surface area contributed by atoms with Gasteiger partial charge < -0.3 is 9.88 Å². The molecule has 0 saturated carbocycles. The Hall–Kier alpha value is -2.73. The Bertz CT molecular complexity index is 923. The summed E-state index contributed by atoms with van der Waals surface area (Å²) >= 11 is 3.29. The van der Waals surface area contributed by atoms with E-state index in [0.717, 1.165) is 15.6 Å². The third kappa shape index (κ3) is 4.89. The lowest BCUT2D eigenvalue weighted by atomic mass is 10.1. The molecule has 1 aromatic heterocycles. The number of nitrogens with zero attached hydrogens (tertiary/aromatic N) is 2. The molecule has 4 nitrogen and oxygen atoms in total. The van der Waals surface area contributed by atoms with Crippen LogP contribution >= 0.6 is 15.9 Å². The fraction of sp³-hybridized carbons (Fsp3) is 0.100. The van der Waals surface area contributed by atoms with E-state index in [0.29, 0.717) is 18.7 Å². The van der Waals surface area contributed by atoms with E-state index in [1.165, 1.54) is 18.2 Å². The van der Waals surface area contributed by atoms with Crippen LogP contribution in [0.3, 0.4) is 0 Å². The molecule has 0 unspecified atom stereocenters. The highest BCUT2D eigenvalue weighted by molar-refractivity contribution is 9.10. The molecule has 0 aliphatic heterocycles. The lowest BCUT2D eigenvalue weighted by Crippen LogP contribution is -2.21. The van der Waals surface area contributed by atoms with E-state index in [1.54, 1.807) is 24.7 Å². The van der Waals surface area contributed by atoms with Gasteiger partial charge in [-0.1, -0.05) is 40.2 Å². The Kier molecular flexibility index (Phi) is 5.96. The Balaban J connectivity index is 1.63. The summed E-state index contributed by atoms with van der Waals surface area (Å²) in [4.78, 5) is 16.1. The van der Waals surface area contributed by atoms with Crippen LogP contribution in [0.25, 0.3) is 6.08 Å². The third-order valence-electron chi connectivity index (χ3n) is 3.86. The van der Waals surface area contributed by atoms with Gasteiger partial charge in [-0.2, -0.15) is 0 Å². The van der Waals surface area contributed by atoms with Crippen molar-refractivity contribution < 1.29 is 9.18 Å². The van der Waals surface area contributed by atoms with Crippen LogP contribution in [-0.2, 0) is 17.9 Å². The molecular weight excluding hydrogens is 397 g/mol. The molecular formula is C20H17BrFN3O. The maximum absolute atomic E-state index is 13.7. The van der Waals surface area contributed by atoms with E-state index in [4.69, 9.17) is 0 Å². The highest BCUT2D eigenvalue weighted by Gasteiger charge is 2.05. The molecule has 0 aliphatic rings. The van der Waals surface area contributed by atoms with Crippen molar-refractivity contribution in [1.82, 2.24) is 14.9 Å². The number of nitrogens with one attached hydrogen (secondary N) is 1. The number of hydrogen-bond acceptors (Lipinski definition) is 2. The first-order valence-corrected chi connectivity index (χ1v) is 8.84. The molecule has 0 atom stereocenters. The Morgan fingerprint density at radius 2 is 2.04 bits per heavy atom. The minimum Gasteiger partial charge on any atom is -0.348 e. The molecule has 26 heavy (non-hydrogen) atoms. The molecule has 0 bridgehead atoms. The van der Waals surface area contributed by atoms with Gasteiger partial charge in [-0.25, -0.2) is 9.37 Å². The monoisotopic (exact) mass is 413 g/mol. The van der Waals surface area contributed by atoms with Crippen LogP contribution in [0.2, 0.25) is 0 Å². The molecule has 0 radical (unpaired) electrons. The van der Waals surface area contributed by atoms with E-state index < -0.39 is 0 Å². The molecule has 132 valence electrons. The molecule has 0 fully saturated rings. The van der Waals surface area contributed by atoms with Crippen molar-refractivity contribution in [2.75, 3.05) is 0 Å². The second-order valence-corrected chi connectivity index (χ2v) is 6.64. The zero-order valence-electron chi connectivity index (χ0n) is 13.9. The summed E-state index contributed by atoms with van der Waals surface area (Å²) in [7, 11) is 0. The van der Waals surface area contributed by atoms with Crippen LogP contribution in [0.4, 0.5) is 4.39 Å². The molecule has 3 rings (SSSR count). The lowest BCUT2D eigenvalue weighted by Gasteiger charge is -2.10. The van der Waals surface area contributed by atoms with Crippen molar-refractivity contribution in [3.63, 3.8) is 0 Å². The fourth-order valence-corrected chi connectivity index (χ4v) is 2.89. The standard InChI is InChI=1S/C20H17BrFN3O/c21-18-6-7-19(22)15(11-18)5-8-20(26)24-12-16-3-1-2-4-17(16)13-25-10-9-23-14-25/h1-11,14H,12-13H2,(H,24,26). The van der Waals surface area contributed by atoms with Crippen molar-refractivity contribution >= 4 is 27.9 Å². The second-order valence-electron chi connectivity index (χ2n) is 5.72. The van der Waals surface area contributed by atoms with Gasteiger partial charge >= 0.3 is 0 Å². The zero-order chi connectivity index (χ0) is 18.4. The summed E-state index contributed by atoms with van der Waals surface area (Å²) in [5, 5.41) is 2.84. The Labute approximate surface area is 159 Å². The molecule has 6 heteroatoms. The van der Waals surface area contributed by atoms with Gasteiger partial charge in [0, 0.05) is 41.6 Å². The summed E-state index contributed by atoms with van der Waals surface area (Å²) < 4.78 is 16.4. The van der Waals surface area contributed by atoms with Gasteiger partial charge in [0.1, 0.15) is 5.82 Å². The van der Waals surface area contributed by atoms with E-state index >= 15 is 0 Å². The first-order valence-electron chi connectivity index (χ1n) is 8.05. The fourth-order valence-electron chi connectivity index (χ4n) is 2.51. The van der Waals surface area contributed by atoms with E-state index in [-0.39, 0.29) is 11.7 Å². The van der Waals surface area contributed by atoms with Crippen LogP contribution in [-0.4, -0.2) is 15.5 Å². The maximum atomic E-state index is 13.7. The van der Waals surface area contributed by atoms with E-state index in [9.17, 15) is 9.18 Å². The van der Waals surface area contributed by atoms with Gasteiger partial charge in [0.25, 0.3) is 0 Å². The van der Waals surface area contributed by atoms with Gasteiger partial charge in [-0.05, 0) is 35.4 Å². The third-order valence-corrected chi connectivity index (χ3v) is 4.35. The maximum Gasteiger partial charge on any atom is 0.244 e. The molecule has 3 aromatic rings. The number of rotatable bonds is 6. The predicted molar refractivity (Wildman–Crippen MR) is 103 cm³/mol. The molecule has 1 amide bonds. The van der Waals surface area contributed by atoms with Crippen LogP contribution in [0, 0.1) is 5.82 Å². The smallest absolute Gasteiger partial charge is 0.244 e. The van der Waals surface area contributed by atoms with Crippen LogP contribution < -0.4 is 5.32 Å². The van der Waals surface area contributed by atoms with Gasteiger partial charge in [0.2, 0.25) is 5.91 Å². The first-order chi connectivity index (χ1) is 12.6. The number of imidazole rings is 1. The Morgan fingerprint density at radius 1 is 1.23 bits per heavy atom. The largest absolute Gasteiger partial charge is 0.348 e. The molecule has 2 aromatic carbocycles. The quantitative estimate of drug-likeness (QED) is 0.616. The average molecular weight is 414 g/mol. The van der Waals surface area contributed by atoms with Gasteiger partial charge in [-0.15, -0.1) is 0 Å². The van der Waals surface area contributed by atoms with E-state index in [1.807, 2.05) is 35.0 Å². The minimum absolute atomic E-state index is 0.276. The van der Waals surface area contributed by atoms with Gasteiger partial charge in [0.05, 0.1) is 6.33 Å². The SMILES string of the molecule is O=C(C=Cc1cc(Br)ccc1F)NCc1ccccc1Cn1ccnc1. The molecule has 1 N–H and O–H groups in total. The van der Waals surface area contributed by atoms with Crippen LogP contribution in [0.1, 0.15) is 16.7 Å². The number of benzene rings is 2. The lowest BCUT2D eigenvalue weighted by molar-refractivity contribution is -0.116. The van der Waals surface area contributed by atoms with Crippen molar-refractivity contribution in [1.29, 1.82) is 0 Å². The van der Waals surface area contributed by atoms with Crippen molar-refractivity contribution in [3.05, 3.63) is 94.2 Å². The second kappa shape index (κ2) is 8.58. The molecule has 0 saturated heterocycles. The van der Waals surface area contributed by atoms with Crippen molar-refractivity contribution in [2.45, 2.75) is 13.1 Å². The van der Waals surface area contributed by atoms with Crippen LogP contribution in [0.5, 0.6) is 0 Å². The number of carbonyl (C=O) groups is 1. The molecule has 0 aliphatic carbocycles. The van der Waals surface area contributed by atoms with Crippen LogP contribution in [0.15, 0.2) is 71.7 Å². The molecule has 1 heterocycles. The predicted octanol–water partition coefficient (Wildman–Crippen LogP) is 4.16. The molecule has 0 spiro atoms. The first kappa shape index (κ1) is 18.1. The van der Waals surface area contributed by atoms with Gasteiger partial charge in [0.15, 0.2) is 0 Å². The summed E-state index contributed by atoms with van der Waals surface area (Å²) in [6, 6.07) is 12.5. The number of aromatic nitrogens is 2. The number of halogens is 2. The summed E-state index contributed by atoms with van der Waals surface area (Å²) in [6.45, 7) is 1.08. The van der Waals surface area contributed by atoms with E-state index in [2.05, 4.69) is 26.2 Å². The number of carbonyl (C=O) groups excluding carboxylic acids is 1. The summed E-state index contributed by atoms with van der Waals surface area (Å²) in [5.74, 6) is -0.648. The number of amides is 1. The van der Waals surface area contributed by atoms with Crippen molar-refractivity contribution in [3.8, 4) is 0 Å². The van der Waals surface area contributed by atoms with Crippen molar-refractivity contribution in [2.24, 2.45) is 0 Å². The number of hydrogen-bond donors (Lipinski definition) is 1. The summed E-state index contributed by atoms with van der Waals surface area (Å²) in [5.41, 5.74) is 2.49. The van der Waals surface area contributed by atoms with Gasteiger partial charge in [-0.3, -0.25) is 4.79 Å². The highest BCUT2D eigenvalue weighted by atomic mass is 79.9.